The fourth-order valence-electron chi connectivity index (χ4n) is 3.58. The molecule has 2 heterocycles. The number of nitrogens with zero attached hydrogens (tertiary/aromatic N) is 5. The first-order valence-electron chi connectivity index (χ1n) is 10.9. The minimum Gasteiger partial charge on any atom is -0.341 e. The number of anilines is 4. The lowest BCUT2D eigenvalue weighted by molar-refractivity contribution is 0.434. The molecule has 166 valence electrons. The quantitative estimate of drug-likeness (QED) is 0.418. The summed E-state index contributed by atoms with van der Waals surface area (Å²) in [6, 6.07) is 12.3. The van der Waals surface area contributed by atoms with Crippen LogP contribution in [0.5, 0.6) is 0 Å². The van der Waals surface area contributed by atoms with Gasteiger partial charge in [0.1, 0.15) is 5.82 Å². The SMILES string of the molecule is Cc1cccc(Nc2nc(N/N=C\c3cccc(F)c3)nc(N3CCC(C)CC3)n2)c1C. The molecule has 2 aromatic carbocycles. The van der Waals surface area contributed by atoms with E-state index >= 15 is 0 Å². The minimum absolute atomic E-state index is 0.310. The summed E-state index contributed by atoms with van der Waals surface area (Å²) in [5.74, 6) is 1.79. The molecule has 0 radical (unpaired) electrons. The summed E-state index contributed by atoms with van der Waals surface area (Å²) < 4.78 is 13.4. The normalized spacial score (nSPS) is 14.7. The fraction of sp³-hybridized carbons (Fsp3) is 0.333. The largest absolute Gasteiger partial charge is 0.341 e. The van der Waals surface area contributed by atoms with Gasteiger partial charge in [0.25, 0.3) is 0 Å². The van der Waals surface area contributed by atoms with Crippen LogP contribution in [0.3, 0.4) is 0 Å². The van der Waals surface area contributed by atoms with Gasteiger partial charge in [-0.3, -0.25) is 0 Å². The number of hydrazone groups is 1. The average molecular weight is 434 g/mol. The highest BCUT2D eigenvalue weighted by atomic mass is 19.1. The number of aryl methyl sites for hydroxylation is 1. The molecule has 0 spiro atoms. The Morgan fingerprint density at radius 2 is 1.78 bits per heavy atom. The van der Waals surface area contributed by atoms with Gasteiger partial charge in [-0.05, 0) is 67.5 Å². The number of aromatic nitrogens is 3. The molecule has 1 saturated heterocycles. The summed E-state index contributed by atoms with van der Waals surface area (Å²) in [7, 11) is 0. The van der Waals surface area contributed by atoms with E-state index in [1.807, 2.05) is 12.1 Å². The predicted octanol–water partition coefficient (Wildman–Crippen LogP) is 5.05. The van der Waals surface area contributed by atoms with Gasteiger partial charge >= 0.3 is 0 Å². The lowest BCUT2D eigenvalue weighted by Crippen LogP contribution is -2.34. The third kappa shape index (κ3) is 5.38. The highest BCUT2D eigenvalue weighted by Crippen LogP contribution is 2.25. The standard InChI is InChI=1S/C24H28FN7/c1-16-10-12-32(13-11-16)24-29-22(27-21-9-4-6-17(2)18(21)3)28-23(30-24)31-26-15-19-7-5-8-20(25)14-19/h4-9,14-16H,10-13H2,1-3H3,(H2,27,28,29,30,31)/b26-15-. The third-order valence-corrected chi connectivity index (χ3v) is 5.77. The van der Waals surface area contributed by atoms with Crippen molar-refractivity contribution in [3.63, 3.8) is 0 Å². The second-order valence-corrected chi connectivity index (χ2v) is 8.25. The van der Waals surface area contributed by atoms with Crippen molar-refractivity contribution in [2.24, 2.45) is 11.0 Å². The first-order valence-corrected chi connectivity index (χ1v) is 10.9. The highest BCUT2D eigenvalue weighted by molar-refractivity contribution is 5.80. The van der Waals surface area contributed by atoms with Crippen LogP contribution < -0.4 is 15.6 Å². The molecule has 1 aliphatic rings. The maximum Gasteiger partial charge on any atom is 0.250 e. The zero-order chi connectivity index (χ0) is 22.5. The van der Waals surface area contributed by atoms with Gasteiger partial charge in [-0.15, -0.1) is 0 Å². The number of halogens is 1. The van der Waals surface area contributed by atoms with Gasteiger partial charge in [0.15, 0.2) is 0 Å². The van der Waals surface area contributed by atoms with Crippen molar-refractivity contribution in [1.82, 2.24) is 15.0 Å². The zero-order valence-electron chi connectivity index (χ0n) is 18.6. The maximum absolute atomic E-state index is 13.4. The fourth-order valence-corrected chi connectivity index (χ4v) is 3.58. The molecule has 1 aliphatic heterocycles. The summed E-state index contributed by atoms with van der Waals surface area (Å²) >= 11 is 0. The van der Waals surface area contributed by atoms with Crippen molar-refractivity contribution in [3.05, 3.63) is 65.0 Å². The Bertz CT molecular complexity index is 1110. The van der Waals surface area contributed by atoms with E-state index in [1.54, 1.807) is 12.1 Å². The number of hydrogen-bond acceptors (Lipinski definition) is 7. The van der Waals surface area contributed by atoms with Crippen LogP contribution in [0.25, 0.3) is 0 Å². The molecule has 4 rings (SSSR count). The number of hydrogen-bond donors (Lipinski definition) is 2. The van der Waals surface area contributed by atoms with Crippen molar-refractivity contribution in [2.45, 2.75) is 33.6 Å². The Hall–Kier alpha value is -3.55. The third-order valence-electron chi connectivity index (χ3n) is 5.77. The second-order valence-electron chi connectivity index (χ2n) is 8.25. The van der Waals surface area contributed by atoms with Gasteiger partial charge in [0, 0.05) is 18.8 Å². The molecule has 0 bridgehead atoms. The molecule has 32 heavy (non-hydrogen) atoms. The molecule has 0 atom stereocenters. The summed E-state index contributed by atoms with van der Waals surface area (Å²) in [4.78, 5) is 15.9. The van der Waals surface area contributed by atoms with Crippen LogP contribution >= 0.6 is 0 Å². The van der Waals surface area contributed by atoms with Crippen LogP contribution in [0.4, 0.5) is 27.9 Å². The smallest absolute Gasteiger partial charge is 0.250 e. The number of nitrogens with one attached hydrogen (secondary N) is 2. The molecule has 0 saturated carbocycles. The van der Waals surface area contributed by atoms with Gasteiger partial charge in [-0.1, -0.05) is 31.2 Å². The summed E-state index contributed by atoms with van der Waals surface area (Å²) in [5, 5.41) is 7.52. The first-order chi connectivity index (χ1) is 15.5. The van der Waals surface area contributed by atoms with E-state index in [0.717, 1.165) is 37.2 Å². The minimum atomic E-state index is -0.310. The summed E-state index contributed by atoms with van der Waals surface area (Å²) in [5.41, 5.74) is 6.79. The van der Waals surface area contributed by atoms with E-state index in [2.05, 4.69) is 62.5 Å². The monoisotopic (exact) mass is 433 g/mol. The maximum atomic E-state index is 13.4. The van der Waals surface area contributed by atoms with Gasteiger partial charge in [-0.2, -0.15) is 20.1 Å². The number of piperidine rings is 1. The second kappa shape index (κ2) is 9.72. The van der Waals surface area contributed by atoms with Gasteiger partial charge in [-0.25, -0.2) is 9.82 Å². The van der Waals surface area contributed by atoms with Crippen molar-refractivity contribution >= 4 is 29.7 Å². The zero-order valence-corrected chi connectivity index (χ0v) is 18.6. The van der Waals surface area contributed by atoms with Gasteiger partial charge in [0.05, 0.1) is 6.21 Å². The summed E-state index contributed by atoms with van der Waals surface area (Å²) in [6.45, 7) is 8.21. The van der Waals surface area contributed by atoms with E-state index in [-0.39, 0.29) is 5.82 Å². The van der Waals surface area contributed by atoms with Crippen molar-refractivity contribution in [2.75, 3.05) is 28.7 Å². The topological polar surface area (TPSA) is 78.3 Å². The van der Waals surface area contributed by atoms with Crippen LogP contribution in [-0.2, 0) is 0 Å². The van der Waals surface area contributed by atoms with E-state index < -0.39 is 0 Å². The Kier molecular flexibility index (Phi) is 6.58. The molecule has 0 unspecified atom stereocenters. The van der Waals surface area contributed by atoms with Crippen molar-refractivity contribution in [1.29, 1.82) is 0 Å². The Balaban J connectivity index is 1.60. The first kappa shape index (κ1) is 21.7. The van der Waals surface area contributed by atoms with Crippen LogP contribution in [0.15, 0.2) is 47.6 Å². The lowest BCUT2D eigenvalue weighted by Gasteiger charge is -2.30. The van der Waals surface area contributed by atoms with Crippen LogP contribution in [0.2, 0.25) is 0 Å². The van der Waals surface area contributed by atoms with Crippen LogP contribution in [-0.4, -0.2) is 34.3 Å². The molecule has 1 fully saturated rings. The van der Waals surface area contributed by atoms with Gasteiger partial charge < -0.3 is 10.2 Å². The molecule has 2 N–H and O–H groups in total. The molecule has 7 nitrogen and oxygen atoms in total. The summed E-state index contributed by atoms with van der Waals surface area (Å²) in [6.07, 6.45) is 3.74. The molecular formula is C24H28FN7. The van der Waals surface area contributed by atoms with Gasteiger partial charge in [0.2, 0.25) is 17.8 Å². The van der Waals surface area contributed by atoms with E-state index in [4.69, 9.17) is 0 Å². The van der Waals surface area contributed by atoms with E-state index in [9.17, 15) is 4.39 Å². The van der Waals surface area contributed by atoms with Crippen molar-refractivity contribution in [3.8, 4) is 0 Å². The Morgan fingerprint density at radius 1 is 1.03 bits per heavy atom. The van der Waals surface area contributed by atoms with Crippen molar-refractivity contribution < 1.29 is 4.39 Å². The predicted molar refractivity (Wildman–Crippen MR) is 127 cm³/mol. The molecule has 0 aliphatic carbocycles. The molecule has 8 heteroatoms. The number of benzene rings is 2. The average Bonchev–Trinajstić information content (AvgIpc) is 2.77. The van der Waals surface area contributed by atoms with Crippen LogP contribution in [0, 0.1) is 25.6 Å². The molecule has 1 aromatic heterocycles. The molecule has 3 aromatic rings. The Labute approximate surface area is 187 Å². The Morgan fingerprint density at radius 3 is 2.56 bits per heavy atom. The van der Waals surface area contributed by atoms with E-state index in [0.29, 0.717) is 29.3 Å². The lowest BCUT2D eigenvalue weighted by atomic mass is 10.00. The molecule has 0 amide bonds. The van der Waals surface area contributed by atoms with Crippen LogP contribution in [0.1, 0.15) is 36.5 Å². The number of rotatable bonds is 6. The van der Waals surface area contributed by atoms with E-state index in [1.165, 1.54) is 23.9 Å². The molecular weight excluding hydrogens is 405 g/mol. The highest BCUT2D eigenvalue weighted by Gasteiger charge is 2.20.